The van der Waals surface area contributed by atoms with Gasteiger partial charge in [-0.3, -0.25) is 9.36 Å². The highest BCUT2D eigenvalue weighted by Gasteiger charge is 2.47. The van der Waals surface area contributed by atoms with Crippen LogP contribution >= 0.6 is 15.9 Å². The summed E-state index contributed by atoms with van der Waals surface area (Å²) < 4.78 is 8.08. The molecule has 1 aliphatic heterocycles. The highest BCUT2D eigenvalue weighted by atomic mass is 79.9. The average molecular weight is 463 g/mol. The highest BCUT2D eigenvalue weighted by Crippen LogP contribution is 2.32. The number of aliphatic hydroxyl groups is 2. The second-order valence-electron chi connectivity index (χ2n) is 6.57. The molecular formula is C18H19BrN6O4. The predicted molar refractivity (Wildman–Crippen MR) is 107 cm³/mol. The average Bonchev–Trinajstić information content (AvgIpc) is 3.29. The summed E-state index contributed by atoms with van der Waals surface area (Å²) in [4.78, 5) is 24.7. The zero-order valence-corrected chi connectivity index (χ0v) is 16.9. The first-order valence-electron chi connectivity index (χ1n) is 8.88. The second kappa shape index (κ2) is 8.03. The minimum atomic E-state index is -1.37. The Kier molecular flexibility index (Phi) is 5.46. The summed E-state index contributed by atoms with van der Waals surface area (Å²) >= 11 is 3.41. The Morgan fingerprint density at radius 2 is 1.97 bits per heavy atom. The number of anilines is 1. The van der Waals surface area contributed by atoms with Crippen LogP contribution in [-0.2, 0) is 16.1 Å². The van der Waals surface area contributed by atoms with E-state index in [0.29, 0.717) is 23.5 Å². The summed E-state index contributed by atoms with van der Waals surface area (Å²) in [5, 5.41) is 26.2. The van der Waals surface area contributed by atoms with Crippen LogP contribution in [-0.4, -0.2) is 61.0 Å². The maximum Gasteiger partial charge on any atom is 0.251 e. The molecule has 29 heavy (non-hydrogen) atoms. The first kappa shape index (κ1) is 19.7. The van der Waals surface area contributed by atoms with Gasteiger partial charge in [-0.2, -0.15) is 0 Å². The maximum absolute atomic E-state index is 11.9. The number of rotatable bonds is 5. The summed E-state index contributed by atoms with van der Waals surface area (Å²) in [6.45, 7) is 0.534. The molecule has 1 amide bonds. The van der Waals surface area contributed by atoms with Crippen molar-refractivity contribution in [2.75, 3.05) is 12.4 Å². The van der Waals surface area contributed by atoms with Gasteiger partial charge in [0.05, 0.1) is 6.33 Å². The van der Waals surface area contributed by atoms with E-state index in [2.05, 4.69) is 41.5 Å². The molecule has 4 rings (SSSR count). The Balaban J connectivity index is 1.59. The number of likely N-dealkylation sites (N-methyl/N-ethyl adjacent to an activating group) is 1. The number of hydrogen-bond acceptors (Lipinski definition) is 8. The summed E-state index contributed by atoms with van der Waals surface area (Å²) in [7, 11) is 1.43. The molecule has 1 aromatic carbocycles. The zero-order valence-electron chi connectivity index (χ0n) is 15.4. The van der Waals surface area contributed by atoms with Gasteiger partial charge in [-0.1, -0.05) is 28.1 Å². The normalized spacial score (nSPS) is 24.0. The fourth-order valence-electron chi connectivity index (χ4n) is 3.20. The summed E-state index contributed by atoms with van der Waals surface area (Å²) in [6, 6.07) is 7.87. The van der Waals surface area contributed by atoms with Gasteiger partial charge >= 0.3 is 0 Å². The van der Waals surface area contributed by atoms with E-state index in [1.165, 1.54) is 24.3 Å². The van der Waals surface area contributed by atoms with Crippen LogP contribution in [0.4, 0.5) is 5.82 Å². The van der Waals surface area contributed by atoms with E-state index in [1.807, 2.05) is 24.3 Å². The van der Waals surface area contributed by atoms with Gasteiger partial charge in [-0.05, 0) is 17.7 Å². The molecule has 0 saturated carbocycles. The zero-order chi connectivity index (χ0) is 20.5. The topological polar surface area (TPSA) is 134 Å². The van der Waals surface area contributed by atoms with E-state index in [0.717, 1.165) is 10.0 Å². The molecule has 1 saturated heterocycles. The number of aromatic nitrogens is 4. The van der Waals surface area contributed by atoms with Gasteiger partial charge in [0, 0.05) is 18.1 Å². The monoisotopic (exact) mass is 462 g/mol. The van der Waals surface area contributed by atoms with Crippen molar-refractivity contribution >= 4 is 38.8 Å². The van der Waals surface area contributed by atoms with Gasteiger partial charge in [-0.25, -0.2) is 15.0 Å². The number of nitrogens with zero attached hydrogens (tertiary/aromatic N) is 4. The number of imidazole rings is 1. The molecule has 0 unspecified atom stereocenters. The number of amides is 1. The molecule has 1 aliphatic rings. The number of aliphatic hydroxyl groups excluding tert-OH is 2. The van der Waals surface area contributed by atoms with Crippen molar-refractivity contribution in [3.05, 3.63) is 47.0 Å². The lowest BCUT2D eigenvalue weighted by molar-refractivity contribution is -0.137. The van der Waals surface area contributed by atoms with Gasteiger partial charge in [0.1, 0.15) is 18.5 Å². The number of ether oxygens (including phenoxy) is 1. The van der Waals surface area contributed by atoms with Crippen molar-refractivity contribution in [2.45, 2.75) is 31.1 Å². The van der Waals surface area contributed by atoms with E-state index in [9.17, 15) is 15.0 Å². The lowest BCUT2D eigenvalue weighted by atomic mass is 10.1. The Labute approximate surface area is 174 Å². The summed E-state index contributed by atoms with van der Waals surface area (Å²) in [6.07, 6.45) is -2.06. The number of hydrogen-bond donors (Lipinski definition) is 4. The first-order chi connectivity index (χ1) is 14.0. The van der Waals surface area contributed by atoms with Crippen molar-refractivity contribution in [3.63, 3.8) is 0 Å². The van der Waals surface area contributed by atoms with Gasteiger partial charge < -0.3 is 25.6 Å². The lowest BCUT2D eigenvalue weighted by Crippen LogP contribution is -2.41. The van der Waals surface area contributed by atoms with Crippen molar-refractivity contribution in [1.82, 2.24) is 24.8 Å². The molecule has 2 aromatic heterocycles. The van der Waals surface area contributed by atoms with Crippen LogP contribution in [0, 0.1) is 0 Å². The smallest absolute Gasteiger partial charge is 0.251 e. The molecule has 0 aliphatic carbocycles. The second-order valence-corrected chi connectivity index (χ2v) is 7.48. The largest absolute Gasteiger partial charge is 0.387 e. The van der Waals surface area contributed by atoms with E-state index in [4.69, 9.17) is 4.74 Å². The van der Waals surface area contributed by atoms with Crippen LogP contribution in [0.2, 0.25) is 0 Å². The highest BCUT2D eigenvalue weighted by molar-refractivity contribution is 9.10. The summed E-state index contributed by atoms with van der Waals surface area (Å²) in [5.41, 5.74) is 1.95. The van der Waals surface area contributed by atoms with Crippen LogP contribution in [0.5, 0.6) is 0 Å². The van der Waals surface area contributed by atoms with E-state index < -0.39 is 30.4 Å². The van der Waals surface area contributed by atoms with Crippen LogP contribution < -0.4 is 10.6 Å². The number of carbonyl (C=O) groups excluding carboxylic acids is 1. The molecule has 11 heteroatoms. The third-order valence-electron chi connectivity index (χ3n) is 4.75. The van der Waals surface area contributed by atoms with Crippen LogP contribution in [0.1, 0.15) is 11.8 Å². The number of halogens is 1. The molecule has 4 N–H and O–H groups in total. The Morgan fingerprint density at radius 3 is 2.69 bits per heavy atom. The Hall–Kier alpha value is -2.60. The fourth-order valence-corrected chi connectivity index (χ4v) is 3.47. The molecule has 3 aromatic rings. The van der Waals surface area contributed by atoms with E-state index >= 15 is 0 Å². The molecule has 152 valence electrons. The van der Waals surface area contributed by atoms with Crippen LogP contribution in [0.3, 0.4) is 0 Å². The van der Waals surface area contributed by atoms with Crippen LogP contribution in [0.15, 0.2) is 41.4 Å². The molecule has 4 atom stereocenters. The van der Waals surface area contributed by atoms with Gasteiger partial charge in [-0.15, -0.1) is 0 Å². The number of nitrogens with one attached hydrogen (secondary N) is 2. The number of carbonyl (C=O) groups is 1. The minimum Gasteiger partial charge on any atom is -0.387 e. The predicted octanol–water partition coefficient (Wildman–Crippen LogP) is 0.566. The minimum absolute atomic E-state index is 0.409. The third kappa shape index (κ3) is 3.69. The lowest BCUT2D eigenvalue weighted by Gasteiger charge is -2.16. The van der Waals surface area contributed by atoms with E-state index in [1.54, 1.807) is 0 Å². The number of benzene rings is 1. The van der Waals surface area contributed by atoms with Gasteiger partial charge in [0.25, 0.3) is 5.91 Å². The van der Waals surface area contributed by atoms with E-state index in [-0.39, 0.29) is 0 Å². The van der Waals surface area contributed by atoms with Crippen molar-refractivity contribution in [1.29, 1.82) is 0 Å². The molecule has 10 nitrogen and oxygen atoms in total. The van der Waals surface area contributed by atoms with Crippen LogP contribution in [0.25, 0.3) is 11.2 Å². The molecule has 0 spiro atoms. The molecular weight excluding hydrogens is 444 g/mol. The molecule has 1 fully saturated rings. The fraction of sp³-hybridized carbons (Fsp3) is 0.333. The number of fused-ring (bicyclic) bond motifs is 1. The maximum atomic E-state index is 11.9. The van der Waals surface area contributed by atoms with Crippen molar-refractivity contribution in [3.8, 4) is 0 Å². The molecule has 0 bridgehead atoms. The standard InChI is InChI=1S/C18H19BrN6O4/c1-20-17(28)14-12(26)13(27)18(29-14)25-8-24-11-15(22-7-23-16(11)25)21-6-9-2-4-10(19)5-3-9/h2-5,7-8,12-14,18,26-27H,6H2,1H3,(H,20,28)(H,21,22,23)/t12-,13+,14-,18+/m0/s1. The van der Waals surface area contributed by atoms with Gasteiger partial charge in [0.15, 0.2) is 29.3 Å². The Bertz CT molecular complexity index is 1030. The Morgan fingerprint density at radius 1 is 1.21 bits per heavy atom. The molecule has 0 radical (unpaired) electrons. The van der Waals surface area contributed by atoms with Gasteiger partial charge in [0.2, 0.25) is 0 Å². The quantitative estimate of drug-likeness (QED) is 0.432. The van der Waals surface area contributed by atoms with Crippen molar-refractivity contribution < 1.29 is 19.7 Å². The van der Waals surface area contributed by atoms with Crippen molar-refractivity contribution in [2.24, 2.45) is 0 Å². The molecule has 3 heterocycles. The summed E-state index contributed by atoms with van der Waals surface area (Å²) in [5.74, 6) is 0.00232. The SMILES string of the molecule is CNC(=O)[C@H]1O[C@@H](n2cnc3c(NCc4ccc(Br)cc4)ncnc32)[C@H](O)[C@@H]1O. The first-order valence-corrected chi connectivity index (χ1v) is 9.68. The third-order valence-corrected chi connectivity index (χ3v) is 5.28.